The number of hydrogen-bond donors (Lipinski definition) is 0. The first kappa shape index (κ1) is 7.49. The van der Waals surface area contributed by atoms with Crippen LogP contribution in [0.25, 0.3) is 6.08 Å². The molecule has 0 nitrogen and oxygen atoms in total. The van der Waals surface area contributed by atoms with E-state index in [0.717, 1.165) is 3.63 Å². The van der Waals surface area contributed by atoms with E-state index >= 15 is 0 Å². The Kier molecular flexibility index (Phi) is 2.09. The molecule has 0 amide bonds. The summed E-state index contributed by atoms with van der Waals surface area (Å²) in [4.78, 5) is 0. The van der Waals surface area contributed by atoms with Crippen molar-refractivity contribution in [3.63, 3.8) is 0 Å². The van der Waals surface area contributed by atoms with Crippen molar-refractivity contribution < 1.29 is 23.2 Å². The van der Waals surface area contributed by atoms with Crippen molar-refractivity contribution in [2.45, 2.75) is 8.26 Å². The molecule has 0 N–H and O–H groups in total. The van der Waals surface area contributed by atoms with E-state index < -0.39 is 0 Å². The van der Waals surface area contributed by atoms with E-state index in [9.17, 15) is 0 Å². The predicted molar refractivity (Wildman–Crippen MR) is 44.1 cm³/mol. The zero-order valence-electron chi connectivity index (χ0n) is 6.54. The molecule has 11 heavy (non-hydrogen) atoms. The van der Waals surface area contributed by atoms with Crippen LogP contribution in [0.2, 0.25) is 4.63 Å². The summed E-state index contributed by atoms with van der Waals surface area (Å²) in [5.74, 6) is 0. The Balaban J connectivity index is 2.46. The molecule has 1 aromatic carbocycles. The Hall–Kier alpha value is -0.157. The van der Waals surface area contributed by atoms with Gasteiger partial charge in [-0.2, -0.15) is 0 Å². The molecule has 0 saturated heterocycles. The second kappa shape index (κ2) is 3.07. The van der Waals surface area contributed by atoms with E-state index in [1.54, 1.807) is 5.56 Å². The van der Waals surface area contributed by atoms with Crippen LogP contribution in [0.5, 0.6) is 0 Å². The van der Waals surface area contributed by atoms with Crippen LogP contribution in [0, 0.1) is 0 Å². The van der Waals surface area contributed by atoms with Crippen molar-refractivity contribution >= 4 is 6.08 Å². The summed E-state index contributed by atoms with van der Waals surface area (Å²) in [7, 11) is 0. The normalized spacial score (nSPS) is 19.9. The molecule has 0 spiro atoms. The Bertz CT molecular complexity index is 289. The predicted octanol–water partition coefficient (Wildman–Crippen LogP) is 2.89. The average molecular weight is 221 g/mol. The molecule has 1 aliphatic rings. The van der Waals surface area contributed by atoms with Gasteiger partial charge in [0.15, 0.2) is 0 Å². The molecule has 2 rings (SSSR count). The molecule has 1 aliphatic carbocycles. The van der Waals surface area contributed by atoms with Gasteiger partial charge in [-0.1, -0.05) is 0 Å². The second-order valence-corrected chi connectivity index (χ2v) is 5.70. The van der Waals surface area contributed by atoms with Crippen LogP contribution in [0.15, 0.2) is 30.3 Å². The molecule has 0 fully saturated rings. The second-order valence-electron chi connectivity index (χ2n) is 2.75. The van der Waals surface area contributed by atoms with Crippen molar-refractivity contribution in [3.05, 3.63) is 41.5 Å². The molecule has 0 bridgehead atoms. The molecule has 0 aliphatic heterocycles. The van der Waals surface area contributed by atoms with Gasteiger partial charge in [-0.3, -0.25) is 0 Å². The van der Waals surface area contributed by atoms with Crippen molar-refractivity contribution in [2.24, 2.45) is 0 Å². The summed E-state index contributed by atoms with van der Waals surface area (Å²) in [6.07, 6.45) is 4.64. The topological polar surface area (TPSA) is 0 Å². The zero-order valence-corrected chi connectivity index (χ0v) is 9.00. The van der Waals surface area contributed by atoms with Crippen LogP contribution < -0.4 is 0 Å². The summed E-state index contributed by atoms with van der Waals surface area (Å²) in [6.45, 7) is 0. The summed E-state index contributed by atoms with van der Waals surface area (Å²) in [6, 6.07) is 8.74. The number of allylic oxidation sites excluding steroid dienone is 1. The Morgan fingerprint density at radius 1 is 1.27 bits per heavy atom. The van der Waals surface area contributed by atoms with E-state index in [2.05, 4.69) is 41.0 Å². The summed E-state index contributed by atoms with van der Waals surface area (Å²) < 4.78 is 3.25. The molecule has 0 radical (unpaired) electrons. The third kappa shape index (κ3) is 1.27. The van der Waals surface area contributed by atoms with Gasteiger partial charge in [-0.05, 0) is 0 Å². The van der Waals surface area contributed by atoms with Crippen molar-refractivity contribution in [1.29, 1.82) is 0 Å². The molecule has 1 unspecified atom stereocenters. The van der Waals surface area contributed by atoms with Crippen molar-refractivity contribution in [2.75, 3.05) is 0 Å². The molecular formula is C10H10Zr. The van der Waals surface area contributed by atoms with Crippen LogP contribution in [0.4, 0.5) is 0 Å². The van der Waals surface area contributed by atoms with Gasteiger partial charge in [0.1, 0.15) is 0 Å². The van der Waals surface area contributed by atoms with Gasteiger partial charge in [0, 0.05) is 0 Å². The maximum atomic E-state index is 2.40. The van der Waals surface area contributed by atoms with E-state index in [4.69, 9.17) is 0 Å². The Morgan fingerprint density at radius 3 is 2.91 bits per heavy atom. The fourth-order valence-electron chi connectivity index (χ4n) is 1.50. The Labute approximate surface area is 78.9 Å². The summed E-state index contributed by atoms with van der Waals surface area (Å²) in [5.41, 5.74) is 3.02. The van der Waals surface area contributed by atoms with Gasteiger partial charge < -0.3 is 0 Å². The maximum absolute atomic E-state index is 2.40. The van der Waals surface area contributed by atoms with Gasteiger partial charge in [0.05, 0.1) is 0 Å². The molecule has 0 saturated carbocycles. The van der Waals surface area contributed by atoms with Gasteiger partial charge in [-0.25, -0.2) is 0 Å². The van der Waals surface area contributed by atoms with E-state index in [1.165, 1.54) is 5.56 Å². The van der Waals surface area contributed by atoms with Gasteiger partial charge in [-0.15, -0.1) is 0 Å². The third-order valence-corrected chi connectivity index (χ3v) is 4.88. The van der Waals surface area contributed by atoms with Crippen LogP contribution in [-0.2, 0) is 23.2 Å². The van der Waals surface area contributed by atoms with Crippen LogP contribution >= 0.6 is 0 Å². The number of benzene rings is 1. The molecule has 54 valence electrons. The number of hydrogen-bond acceptors (Lipinski definition) is 0. The summed E-state index contributed by atoms with van der Waals surface area (Å²) >= 11 is -0.156. The van der Waals surface area contributed by atoms with Crippen molar-refractivity contribution in [3.8, 4) is 0 Å². The number of rotatable bonds is 1. The molecular weight excluding hydrogens is 211 g/mol. The fraction of sp³-hybridized carbons (Fsp3) is 0.200. The fourth-order valence-corrected chi connectivity index (χ4v) is 3.62. The van der Waals surface area contributed by atoms with Gasteiger partial charge in [0.25, 0.3) is 0 Å². The summed E-state index contributed by atoms with van der Waals surface area (Å²) in [5, 5.41) is 0. The first-order valence-corrected chi connectivity index (χ1v) is 7.74. The van der Waals surface area contributed by atoms with Crippen LogP contribution in [0.1, 0.15) is 14.8 Å². The van der Waals surface area contributed by atoms with Crippen molar-refractivity contribution in [1.82, 2.24) is 0 Å². The SMILES string of the molecule is [CH3][Zr][CH]1C=Cc2ccccc21. The molecule has 1 aromatic rings. The van der Waals surface area contributed by atoms with Crippen LogP contribution in [-0.4, -0.2) is 0 Å². The molecule has 1 heteroatoms. The van der Waals surface area contributed by atoms with Gasteiger partial charge in [0.2, 0.25) is 0 Å². The van der Waals surface area contributed by atoms with Crippen LogP contribution in [0.3, 0.4) is 0 Å². The molecule has 0 heterocycles. The van der Waals surface area contributed by atoms with Gasteiger partial charge >= 0.3 is 79.0 Å². The third-order valence-electron chi connectivity index (χ3n) is 2.11. The number of fused-ring (bicyclic) bond motifs is 1. The first-order chi connectivity index (χ1) is 5.42. The Morgan fingerprint density at radius 2 is 2.09 bits per heavy atom. The van der Waals surface area contributed by atoms with E-state index in [-0.39, 0.29) is 23.2 Å². The van der Waals surface area contributed by atoms with E-state index in [1.807, 2.05) is 0 Å². The zero-order chi connectivity index (χ0) is 7.68. The minimum absolute atomic E-state index is 0.156. The monoisotopic (exact) mass is 220 g/mol. The average Bonchev–Trinajstić information content (AvgIpc) is 2.47. The standard InChI is InChI=1S/C9H7.CH3.Zr/c1-2-5-9-7-3-6-8(9)4-1;;/h1-7H;1H3;. The molecule has 0 aromatic heterocycles. The quantitative estimate of drug-likeness (QED) is 0.684. The van der Waals surface area contributed by atoms with E-state index in [0.29, 0.717) is 0 Å². The molecule has 1 atom stereocenters. The minimum atomic E-state index is -0.156. The first-order valence-electron chi connectivity index (χ1n) is 3.86.